The molecule has 0 unspecified atom stereocenters. The highest BCUT2D eigenvalue weighted by atomic mass is 16.4. The number of allylic oxidation sites excluding steroid dienone is 1. The zero-order valence-corrected chi connectivity index (χ0v) is 21.0. The summed E-state index contributed by atoms with van der Waals surface area (Å²) in [5, 5.41) is 2.89. The van der Waals surface area contributed by atoms with Crippen LogP contribution in [0.25, 0.3) is 52.4 Å². The fraction of sp³-hybridized carbons (Fsp3) is 0.192. The van der Waals surface area contributed by atoms with Crippen molar-refractivity contribution in [2.45, 2.75) is 26.3 Å². The maximum atomic E-state index is 13.1. The third-order valence-corrected chi connectivity index (χ3v) is 6.02. The van der Waals surface area contributed by atoms with Gasteiger partial charge in [0, 0.05) is 6.42 Å². The fourth-order valence-corrected chi connectivity index (χ4v) is 4.00. The quantitative estimate of drug-likeness (QED) is 0.294. The molecule has 1 aliphatic rings. The van der Waals surface area contributed by atoms with Crippen LogP contribution in [0.4, 0.5) is 0 Å². The molecule has 0 spiro atoms. The van der Waals surface area contributed by atoms with Gasteiger partial charge in [-0.25, -0.2) is 29.9 Å². The van der Waals surface area contributed by atoms with E-state index in [1.165, 1.54) is 37.6 Å². The van der Waals surface area contributed by atoms with Crippen LogP contribution < -0.4 is 5.32 Å². The predicted octanol–water partition coefficient (Wildman–Crippen LogP) is 4.98. The second kappa shape index (κ2) is 9.34. The average molecular weight is 541 g/mol. The summed E-state index contributed by atoms with van der Waals surface area (Å²) in [5.74, 6) is 0.929. The molecule has 0 fully saturated rings. The number of amides is 1. The minimum Gasteiger partial charge on any atom is -0.448 e. The number of carbonyl (C=O) groups excluding carboxylic acids is 1. The van der Waals surface area contributed by atoms with Crippen molar-refractivity contribution in [1.82, 2.24) is 35.2 Å². The first-order chi connectivity index (χ1) is 19.5. The Labute approximate surface area is 224 Å². The third-order valence-electron chi connectivity index (χ3n) is 6.02. The first-order valence-corrected chi connectivity index (χ1v) is 12.2. The van der Waals surface area contributed by atoms with Gasteiger partial charge in [-0.3, -0.25) is 4.79 Å². The first kappa shape index (κ1) is 23.6. The van der Waals surface area contributed by atoms with Crippen LogP contribution in [0.1, 0.15) is 47.9 Å². The Bertz CT molecular complexity index is 1850. The van der Waals surface area contributed by atoms with Crippen LogP contribution in [0.3, 0.4) is 0 Å². The Kier molecular flexibility index (Phi) is 5.50. The number of carbonyl (C=O) groups is 1. The highest BCUT2D eigenvalue weighted by Gasteiger charge is 2.27. The number of oxazole rings is 6. The van der Waals surface area contributed by atoms with Crippen LogP contribution in [0.2, 0.25) is 0 Å². The molecule has 40 heavy (non-hydrogen) atoms. The highest BCUT2D eigenvalue weighted by Crippen LogP contribution is 2.29. The Morgan fingerprint density at radius 3 is 1.95 bits per heavy atom. The van der Waals surface area contributed by atoms with Crippen molar-refractivity contribution in [3.8, 4) is 46.3 Å². The van der Waals surface area contributed by atoms with E-state index in [2.05, 4.69) is 35.2 Å². The van der Waals surface area contributed by atoms with Crippen LogP contribution in [0, 0.1) is 5.92 Å². The normalized spacial score (nSPS) is 16.1. The third kappa shape index (κ3) is 4.30. The molecule has 1 N–H and O–H groups in total. The van der Waals surface area contributed by atoms with Crippen molar-refractivity contribution >= 4 is 12.0 Å². The molecular formula is C26H19N7O7. The van der Waals surface area contributed by atoms with Crippen molar-refractivity contribution in [3.63, 3.8) is 0 Å². The van der Waals surface area contributed by atoms with E-state index in [4.69, 9.17) is 26.5 Å². The number of hydrogen-bond donors (Lipinski definition) is 1. The summed E-state index contributed by atoms with van der Waals surface area (Å²) in [4.78, 5) is 39.5. The van der Waals surface area contributed by atoms with Crippen molar-refractivity contribution in [3.05, 3.63) is 66.8 Å². The molecule has 6 aromatic heterocycles. The van der Waals surface area contributed by atoms with Gasteiger partial charge < -0.3 is 31.8 Å². The number of hydrogen-bond acceptors (Lipinski definition) is 13. The predicted molar refractivity (Wildman–Crippen MR) is 133 cm³/mol. The summed E-state index contributed by atoms with van der Waals surface area (Å²) in [6, 6.07) is -0.581. The van der Waals surface area contributed by atoms with E-state index < -0.39 is 11.9 Å². The van der Waals surface area contributed by atoms with E-state index in [1.807, 2.05) is 19.9 Å². The van der Waals surface area contributed by atoms with Crippen LogP contribution >= 0.6 is 0 Å². The number of rotatable bonds is 1. The maximum absolute atomic E-state index is 13.1. The van der Waals surface area contributed by atoms with Gasteiger partial charge in [0.15, 0.2) is 34.4 Å². The van der Waals surface area contributed by atoms with Gasteiger partial charge >= 0.3 is 0 Å². The molecule has 1 atom stereocenters. The minimum absolute atomic E-state index is 0.0459. The molecule has 0 saturated carbocycles. The maximum Gasteiger partial charge on any atom is 0.273 e. The Morgan fingerprint density at radius 1 is 0.675 bits per heavy atom. The summed E-state index contributed by atoms with van der Waals surface area (Å²) < 4.78 is 33.4. The molecule has 7 rings (SSSR count). The van der Waals surface area contributed by atoms with Gasteiger partial charge in [-0.1, -0.05) is 19.9 Å². The second-order valence-electron chi connectivity index (χ2n) is 9.19. The van der Waals surface area contributed by atoms with E-state index in [0.717, 1.165) is 0 Å². The molecule has 0 aliphatic carbocycles. The molecule has 14 heteroatoms. The van der Waals surface area contributed by atoms with E-state index in [-0.39, 0.29) is 46.8 Å². The number of aromatic nitrogens is 6. The Hall–Kier alpha value is -5.53. The molecule has 1 aliphatic heterocycles. The lowest BCUT2D eigenvalue weighted by atomic mass is 10.0. The van der Waals surface area contributed by atoms with Crippen LogP contribution in [0.5, 0.6) is 0 Å². The van der Waals surface area contributed by atoms with Gasteiger partial charge in [0.2, 0.25) is 29.5 Å². The van der Waals surface area contributed by atoms with E-state index in [1.54, 1.807) is 6.08 Å². The molecule has 0 saturated heterocycles. The lowest BCUT2D eigenvalue weighted by Crippen LogP contribution is -2.32. The molecule has 6 aromatic rings. The molecule has 0 aromatic carbocycles. The average Bonchev–Trinajstić information content (AvgIpc) is 3.76. The number of nitrogens with one attached hydrogen (secondary N) is 1. The molecule has 1 amide bonds. The summed E-state index contributed by atoms with van der Waals surface area (Å²) in [6.45, 7) is 3.84. The molecule has 200 valence electrons. The smallest absolute Gasteiger partial charge is 0.273 e. The Morgan fingerprint density at radius 2 is 1.23 bits per heavy atom. The first-order valence-electron chi connectivity index (χ1n) is 12.2. The lowest BCUT2D eigenvalue weighted by Gasteiger charge is -2.18. The van der Waals surface area contributed by atoms with E-state index in [0.29, 0.717) is 35.1 Å². The Balaban J connectivity index is 1.26. The van der Waals surface area contributed by atoms with Crippen molar-refractivity contribution in [1.29, 1.82) is 0 Å². The van der Waals surface area contributed by atoms with Crippen molar-refractivity contribution in [2.24, 2.45) is 5.92 Å². The van der Waals surface area contributed by atoms with Gasteiger partial charge in [-0.15, -0.1) is 0 Å². The minimum atomic E-state index is -0.581. The number of fused-ring (bicyclic) bond motifs is 16. The molecule has 7 heterocycles. The van der Waals surface area contributed by atoms with Crippen molar-refractivity contribution in [2.75, 3.05) is 0 Å². The summed E-state index contributed by atoms with van der Waals surface area (Å²) >= 11 is 0. The second-order valence-corrected chi connectivity index (χ2v) is 9.19. The SMILES string of the molecule is CC(C)[C@@H]1NC(=O)c2coc(n2)-c2coc(n2)-c2coc(n2)C/C=C/c2coc(n2)-c2coc(n2)-c2coc1n2. The van der Waals surface area contributed by atoms with Crippen molar-refractivity contribution < 1.29 is 31.3 Å². The molecule has 0 radical (unpaired) electrons. The standard InChI is InChI=1S/C26H19N7O7/c1-12(2)20-26-32-18(11-40-26)25-30-16(9-39-25)22-27-13(6-36-22)4-3-5-19-28-15(8-35-19)23-31-17(10-38-23)24-29-14(7-37-24)21(34)33-20/h3-4,6-12,20H,5H2,1-2H3,(H,33,34)/b4-3+/t20-/m0/s1. The monoisotopic (exact) mass is 541 g/mol. The highest BCUT2D eigenvalue weighted by molar-refractivity contribution is 5.92. The van der Waals surface area contributed by atoms with Gasteiger partial charge in [0.25, 0.3) is 5.91 Å². The topological polar surface area (TPSA) is 185 Å². The summed E-state index contributed by atoms with van der Waals surface area (Å²) in [7, 11) is 0. The van der Waals surface area contributed by atoms with Gasteiger partial charge in [-0.2, -0.15) is 0 Å². The van der Waals surface area contributed by atoms with Gasteiger partial charge in [0.1, 0.15) is 49.3 Å². The largest absolute Gasteiger partial charge is 0.448 e. The summed E-state index contributed by atoms with van der Waals surface area (Å²) in [6.07, 6.45) is 12.3. The van der Waals surface area contributed by atoms with E-state index in [9.17, 15) is 4.79 Å². The zero-order chi connectivity index (χ0) is 27.2. The van der Waals surface area contributed by atoms with Crippen LogP contribution in [0.15, 0.2) is 70.2 Å². The fourth-order valence-electron chi connectivity index (χ4n) is 4.00. The molecule has 14 nitrogen and oxygen atoms in total. The molecular weight excluding hydrogens is 522 g/mol. The van der Waals surface area contributed by atoms with E-state index >= 15 is 0 Å². The van der Waals surface area contributed by atoms with Gasteiger partial charge in [0.05, 0.1) is 0 Å². The zero-order valence-electron chi connectivity index (χ0n) is 21.0. The van der Waals surface area contributed by atoms with Gasteiger partial charge in [-0.05, 0) is 12.0 Å². The van der Waals surface area contributed by atoms with Crippen LogP contribution in [-0.4, -0.2) is 35.8 Å². The summed E-state index contributed by atoms with van der Waals surface area (Å²) in [5.41, 5.74) is 2.03. The molecule has 12 bridgehead atoms. The lowest BCUT2D eigenvalue weighted by molar-refractivity contribution is 0.0911. The number of nitrogens with zero attached hydrogens (tertiary/aromatic N) is 6. The van der Waals surface area contributed by atoms with Crippen LogP contribution in [-0.2, 0) is 6.42 Å².